The average Bonchev–Trinajstić information content (AvgIpc) is 3.19. The molecule has 0 aliphatic heterocycles. The number of halogens is 10. The highest BCUT2D eigenvalue weighted by Gasteiger charge is 2.55. The van der Waals surface area contributed by atoms with E-state index in [1.807, 2.05) is 0 Å². The van der Waals surface area contributed by atoms with Gasteiger partial charge >= 0.3 is 0 Å². The van der Waals surface area contributed by atoms with Gasteiger partial charge in [-0.15, -0.1) is 0 Å². The molecule has 0 N–H and O–H groups in total. The zero-order valence-electron chi connectivity index (χ0n) is 19.1. The van der Waals surface area contributed by atoms with Gasteiger partial charge in [0, 0.05) is 35.7 Å². The van der Waals surface area contributed by atoms with Gasteiger partial charge in [0.1, 0.15) is 34.2 Å². The molecule has 1 aliphatic rings. The molecule has 0 unspecified atom stereocenters. The van der Waals surface area contributed by atoms with Crippen LogP contribution in [0.1, 0.15) is 59.8 Å². The Bertz CT molecular complexity index is 1360. The van der Waals surface area contributed by atoms with E-state index in [2.05, 4.69) is 41.9 Å². The first-order valence-electron chi connectivity index (χ1n) is 11.1. The number of carbonyl (C=O) groups is 1. The van der Waals surface area contributed by atoms with E-state index in [0.29, 0.717) is 15.1 Å². The van der Waals surface area contributed by atoms with Crippen LogP contribution in [0, 0.1) is 11.6 Å². The van der Waals surface area contributed by atoms with Crippen LogP contribution in [0.4, 0.5) is 35.1 Å². The quantitative estimate of drug-likeness (QED) is 0.180. The fraction of sp³-hybridized carbons (Fsp3) is 0.375. The Balaban J connectivity index is 1.70. The Labute approximate surface area is 227 Å². The SMILES string of the molecule is O=C(C[C@@H](Cc1cc(F)cc(F)c1)c1nc(Br)ccc1Br)Cn1nc(C(F)F)c2c1C(F)(F)CCC2(F)F. The number of aromatic nitrogens is 3. The number of Topliss-reactive ketones (excluding diaryl/α,β-unsaturated/α-hetero) is 1. The maximum atomic E-state index is 14.7. The lowest BCUT2D eigenvalue weighted by Crippen LogP contribution is -2.33. The van der Waals surface area contributed by atoms with E-state index >= 15 is 0 Å². The van der Waals surface area contributed by atoms with Crippen LogP contribution in [0.15, 0.2) is 39.4 Å². The summed E-state index contributed by atoms with van der Waals surface area (Å²) in [6, 6.07) is 5.94. The van der Waals surface area contributed by atoms with Crippen molar-refractivity contribution in [3.8, 4) is 0 Å². The molecule has 1 aliphatic carbocycles. The van der Waals surface area contributed by atoms with Gasteiger partial charge < -0.3 is 0 Å². The monoisotopic (exact) mass is 673 g/mol. The van der Waals surface area contributed by atoms with Crippen LogP contribution in [0.3, 0.4) is 0 Å². The summed E-state index contributed by atoms with van der Waals surface area (Å²) in [5.41, 5.74) is -4.02. The Morgan fingerprint density at radius 3 is 2.24 bits per heavy atom. The molecule has 38 heavy (non-hydrogen) atoms. The molecule has 14 heteroatoms. The molecule has 0 radical (unpaired) electrons. The minimum atomic E-state index is -3.97. The molecule has 0 amide bonds. The van der Waals surface area contributed by atoms with E-state index in [9.17, 15) is 39.9 Å². The van der Waals surface area contributed by atoms with Gasteiger partial charge in [0.25, 0.3) is 18.3 Å². The van der Waals surface area contributed by atoms with Crippen molar-refractivity contribution in [2.75, 3.05) is 0 Å². The largest absolute Gasteiger partial charge is 0.298 e. The van der Waals surface area contributed by atoms with Crippen molar-refractivity contribution in [1.29, 1.82) is 0 Å². The summed E-state index contributed by atoms with van der Waals surface area (Å²) in [7, 11) is 0. The molecule has 4 nitrogen and oxygen atoms in total. The van der Waals surface area contributed by atoms with Gasteiger partial charge in [0.2, 0.25) is 0 Å². The van der Waals surface area contributed by atoms with E-state index in [1.54, 1.807) is 12.1 Å². The smallest absolute Gasteiger partial charge is 0.290 e. The van der Waals surface area contributed by atoms with Gasteiger partial charge in [-0.25, -0.2) is 31.3 Å². The molecule has 0 saturated heterocycles. The maximum Gasteiger partial charge on any atom is 0.290 e. The number of rotatable bonds is 8. The predicted octanol–water partition coefficient (Wildman–Crippen LogP) is 7.98. The standard InChI is InChI=1S/C24H17Br2F8N3O/c25-16-1-2-17(26)35-19(16)12(5-11-6-13(27)9-14(28)7-11)8-15(38)10-37-21-18(20(36-37)22(29)30)23(31,32)3-4-24(21,33)34/h1-2,6-7,9,12,22H,3-5,8,10H2/t12-/m1/s1. The number of benzene rings is 1. The van der Waals surface area contributed by atoms with E-state index in [0.717, 1.165) is 12.1 Å². The van der Waals surface area contributed by atoms with Crippen LogP contribution >= 0.6 is 31.9 Å². The van der Waals surface area contributed by atoms with Gasteiger partial charge in [-0.3, -0.25) is 9.48 Å². The van der Waals surface area contributed by atoms with Crippen molar-refractivity contribution in [2.24, 2.45) is 0 Å². The molecule has 0 bridgehead atoms. The van der Waals surface area contributed by atoms with Crippen molar-refractivity contribution in [3.63, 3.8) is 0 Å². The van der Waals surface area contributed by atoms with Gasteiger partial charge in [-0.05, 0) is 68.1 Å². The van der Waals surface area contributed by atoms with Crippen LogP contribution in [0.2, 0.25) is 0 Å². The lowest BCUT2D eigenvalue weighted by molar-refractivity contribution is -0.121. The van der Waals surface area contributed by atoms with Gasteiger partial charge in [-0.1, -0.05) is 0 Å². The minimum Gasteiger partial charge on any atom is -0.298 e. The summed E-state index contributed by atoms with van der Waals surface area (Å²) in [6.45, 7) is -1.000. The summed E-state index contributed by atoms with van der Waals surface area (Å²) < 4.78 is 114. The van der Waals surface area contributed by atoms with Crippen LogP contribution < -0.4 is 0 Å². The van der Waals surface area contributed by atoms with Crippen molar-refractivity contribution >= 4 is 37.6 Å². The number of nitrogens with zero attached hydrogens (tertiary/aromatic N) is 3. The highest BCUT2D eigenvalue weighted by Crippen LogP contribution is 2.52. The molecule has 2 aromatic heterocycles. The normalized spacial score (nSPS) is 16.9. The Kier molecular flexibility index (Phi) is 8.04. The van der Waals surface area contributed by atoms with E-state index < -0.39 is 84.4 Å². The molecular formula is C24H17Br2F8N3O. The first kappa shape index (κ1) is 28.7. The summed E-state index contributed by atoms with van der Waals surface area (Å²) in [5, 5.41) is 3.30. The van der Waals surface area contributed by atoms with E-state index in [1.165, 1.54) is 0 Å². The molecule has 204 valence electrons. The van der Waals surface area contributed by atoms with Crippen LogP contribution in [0.5, 0.6) is 0 Å². The highest BCUT2D eigenvalue weighted by atomic mass is 79.9. The van der Waals surface area contributed by atoms with Crippen molar-refractivity contribution in [2.45, 2.75) is 56.4 Å². The van der Waals surface area contributed by atoms with Crippen LogP contribution in [0.25, 0.3) is 0 Å². The summed E-state index contributed by atoms with van der Waals surface area (Å²) in [5.74, 6) is -11.3. The molecule has 3 aromatic rings. The fourth-order valence-corrected chi connectivity index (χ4v) is 5.41. The number of ketones is 1. The second-order valence-corrected chi connectivity index (χ2v) is 10.6. The number of hydrogen-bond acceptors (Lipinski definition) is 3. The molecule has 2 heterocycles. The van der Waals surface area contributed by atoms with Crippen LogP contribution in [-0.4, -0.2) is 20.5 Å². The predicted molar refractivity (Wildman–Crippen MR) is 126 cm³/mol. The number of hydrogen-bond donors (Lipinski definition) is 0. The van der Waals surface area contributed by atoms with Crippen molar-refractivity contribution in [3.05, 3.63) is 79.3 Å². The second-order valence-electron chi connectivity index (χ2n) is 8.90. The third kappa shape index (κ3) is 5.95. The zero-order chi connectivity index (χ0) is 28.0. The minimum absolute atomic E-state index is 0.115. The Morgan fingerprint density at radius 2 is 1.61 bits per heavy atom. The lowest BCUT2D eigenvalue weighted by Gasteiger charge is -2.29. The summed E-state index contributed by atoms with van der Waals surface area (Å²) >= 11 is 6.50. The first-order chi connectivity index (χ1) is 17.7. The van der Waals surface area contributed by atoms with Gasteiger partial charge in [0.05, 0.1) is 11.3 Å². The fourth-order valence-electron chi connectivity index (χ4n) is 4.54. The van der Waals surface area contributed by atoms with Crippen LogP contribution in [-0.2, 0) is 29.6 Å². The summed E-state index contributed by atoms with van der Waals surface area (Å²) in [4.78, 5) is 17.4. The van der Waals surface area contributed by atoms with Crippen molar-refractivity contribution in [1.82, 2.24) is 14.8 Å². The zero-order valence-corrected chi connectivity index (χ0v) is 22.3. The topological polar surface area (TPSA) is 47.8 Å². The highest BCUT2D eigenvalue weighted by molar-refractivity contribution is 9.11. The molecule has 0 spiro atoms. The molecule has 0 saturated carbocycles. The molecular weight excluding hydrogens is 658 g/mol. The van der Waals surface area contributed by atoms with Crippen molar-refractivity contribution < 1.29 is 39.9 Å². The second kappa shape index (κ2) is 10.7. The van der Waals surface area contributed by atoms with Gasteiger partial charge in [0.15, 0.2) is 5.78 Å². The molecule has 1 aromatic carbocycles. The first-order valence-corrected chi connectivity index (χ1v) is 12.7. The molecule has 4 rings (SSSR count). The number of alkyl halides is 6. The number of fused-ring (bicyclic) bond motifs is 1. The van der Waals surface area contributed by atoms with E-state index in [-0.39, 0.29) is 22.4 Å². The molecule has 0 fully saturated rings. The third-order valence-corrected chi connectivity index (χ3v) is 7.19. The maximum absolute atomic E-state index is 14.7. The Morgan fingerprint density at radius 1 is 0.974 bits per heavy atom. The lowest BCUT2D eigenvalue weighted by atomic mass is 9.88. The third-order valence-electron chi connectivity index (χ3n) is 6.08. The van der Waals surface area contributed by atoms with E-state index in [4.69, 9.17) is 0 Å². The average molecular weight is 675 g/mol. The Hall–Kier alpha value is -2.35. The number of pyridine rings is 1. The molecule has 1 atom stereocenters. The summed E-state index contributed by atoms with van der Waals surface area (Å²) in [6.07, 6.45) is -6.80. The van der Waals surface area contributed by atoms with Gasteiger partial charge in [-0.2, -0.15) is 13.9 Å². The number of carbonyl (C=O) groups excluding carboxylic acids is 1.